The largest absolute Gasteiger partial charge is 0.444 e. The molecule has 0 bridgehead atoms. The van der Waals surface area contributed by atoms with Gasteiger partial charge in [-0.3, -0.25) is 4.68 Å². The van der Waals surface area contributed by atoms with Crippen molar-refractivity contribution in [3.05, 3.63) is 11.3 Å². The summed E-state index contributed by atoms with van der Waals surface area (Å²) < 4.78 is 7.45. The molecule has 0 radical (unpaired) electrons. The molecule has 0 spiro atoms. The molecule has 1 fully saturated rings. The molecule has 0 aromatic carbocycles. The van der Waals surface area contributed by atoms with E-state index in [2.05, 4.69) is 37.7 Å². The van der Waals surface area contributed by atoms with Crippen LogP contribution in [0.25, 0.3) is 0 Å². The van der Waals surface area contributed by atoms with E-state index < -0.39 is 5.60 Å². The van der Waals surface area contributed by atoms with Gasteiger partial charge in [-0.05, 0) is 48.5 Å². The lowest BCUT2D eigenvalue weighted by molar-refractivity contribution is 0.0129. The number of nitrogens with zero attached hydrogens (tertiary/aromatic N) is 4. The Kier molecular flexibility index (Phi) is 4.64. The summed E-state index contributed by atoms with van der Waals surface area (Å²) in [5.41, 5.74) is 1.91. The molecule has 6 nitrogen and oxygen atoms in total. The highest BCUT2D eigenvalue weighted by Gasteiger charge is 2.36. The molecule has 6 heteroatoms. The summed E-state index contributed by atoms with van der Waals surface area (Å²) in [7, 11) is 1.97. The minimum atomic E-state index is -0.466. The van der Waals surface area contributed by atoms with Crippen molar-refractivity contribution in [2.24, 2.45) is 7.05 Å². The van der Waals surface area contributed by atoms with Crippen LogP contribution in [0.2, 0.25) is 0 Å². The molecule has 23 heavy (non-hydrogen) atoms. The number of ether oxygens (including phenoxy) is 1. The number of piperazine rings is 1. The van der Waals surface area contributed by atoms with Gasteiger partial charge in [0.1, 0.15) is 5.60 Å². The van der Waals surface area contributed by atoms with Crippen LogP contribution in [0.3, 0.4) is 0 Å². The van der Waals surface area contributed by atoms with E-state index in [0.717, 1.165) is 12.4 Å². The van der Waals surface area contributed by atoms with E-state index in [4.69, 9.17) is 4.74 Å². The fraction of sp³-hybridized carbons (Fsp3) is 0.765. The smallest absolute Gasteiger partial charge is 0.410 e. The fourth-order valence-electron chi connectivity index (χ4n) is 2.97. The monoisotopic (exact) mass is 322 g/mol. The third kappa shape index (κ3) is 3.62. The van der Waals surface area contributed by atoms with E-state index in [9.17, 15) is 4.79 Å². The predicted molar refractivity (Wildman–Crippen MR) is 91.9 cm³/mol. The molecule has 1 aromatic heterocycles. The van der Waals surface area contributed by atoms with Crippen LogP contribution in [-0.2, 0) is 11.8 Å². The Labute approximate surface area is 139 Å². The van der Waals surface area contributed by atoms with Crippen molar-refractivity contribution in [2.45, 2.75) is 66.2 Å². The molecule has 1 aliphatic rings. The molecule has 2 atom stereocenters. The van der Waals surface area contributed by atoms with E-state index in [1.807, 2.05) is 37.4 Å². The van der Waals surface area contributed by atoms with Crippen LogP contribution in [0.4, 0.5) is 10.6 Å². The third-order valence-electron chi connectivity index (χ3n) is 4.49. The maximum atomic E-state index is 12.4. The number of amides is 1. The van der Waals surface area contributed by atoms with Gasteiger partial charge in [0, 0.05) is 43.5 Å². The molecule has 130 valence electrons. The summed E-state index contributed by atoms with van der Waals surface area (Å²) in [6.45, 7) is 15.5. The second-order valence-corrected chi connectivity index (χ2v) is 7.64. The first-order valence-electron chi connectivity index (χ1n) is 8.27. The maximum Gasteiger partial charge on any atom is 0.410 e. The second-order valence-electron chi connectivity index (χ2n) is 7.64. The molecular weight excluding hydrogens is 292 g/mol. The summed E-state index contributed by atoms with van der Waals surface area (Å²) in [4.78, 5) is 16.5. The molecule has 1 aromatic rings. The summed E-state index contributed by atoms with van der Waals surface area (Å²) in [5, 5.41) is 4.66. The van der Waals surface area contributed by atoms with Gasteiger partial charge < -0.3 is 14.5 Å². The van der Waals surface area contributed by atoms with Crippen LogP contribution >= 0.6 is 0 Å². The first-order valence-corrected chi connectivity index (χ1v) is 8.27. The second kappa shape index (κ2) is 6.06. The lowest BCUT2D eigenvalue weighted by Crippen LogP contribution is -2.59. The van der Waals surface area contributed by atoms with Gasteiger partial charge in [0.25, 0.3) is 0 Å². The molecule has 1 saturated heterocycles. The van der Waals surface area contributed by atoms with Crippen molar-refractivity contribution in [1.82, 2.24) is 14.7 Å². The topological polar surface area (TPSA) is 50.6 Å². The quantitative estimate of drug-likeness (QED) is 0.798. The van der Waals surface area contributed by atoms with Crippen molar-refractivity contribution in [3.63, 3.8) is 0 Å². The fourth-order valence-corrected chi connectivity index (χ4v) is 2.97. The van der Waals surface area contributed by atoms with Crippen molar-refractivity contribution < 1.29 is 9.53 Å². The van der Waals surface area contributed by atoms with Crippen LogP contribution in [0.5, 0.6) is 0 Å². The highest BCUT2D eigenvalue weighted by Crippen LogP contribution is 2.27. The number of carbonyl (C=O) groups excluding carboxylic acids is 1. The Morgan fingerprint density at radius 1 is 1.17 bits per heavy atom. The minimum Gasteiger partial charge on any atom is -0.444 e. The SMILES string of the molecule is Cc1c(N2C[C@@H](C)N(C(=O)OC(C)(C)C)C[C@H]2C)nn(C)c1C. The molecule has 0 unspecified atom stereocenters. The van der Waals surface area contributed by atoms with Gasteiger partial charge in [-0.15, -0.1) is 0 Å². The Balaban J connectivity index is 2.16. The molecule has 0 aliphatic carbocycles. The normalized spacial score (nSPS) is 22.4. The van der Waals surface area contributed by atoms with Gasteiger partial charge in [-0.2, -0.15) is 5.10 Å². The summed E-state index contributed by atoms with van der Waals surface area (Å²) >= 11 is 0. The molecule has 1 aliphatic heterocycles. The van der Waals surface area contributed by atoms with Gasteiger partial charge in [0.2, 0.25) is 0 Å². The maximum absolute atomic E-state index is 12.4. The van der Waals surface area contributed by atoms with Crippen molar-refractivity contribution in [1.29, 1.82) is 0 Å². The summed E-state index contributed by atoms with van der Waals surface area (Å²) in [5.74, 6) is 1.02. The number of carbonyl (C=O) groups is 1. The highest BCUT2D eigenvalue weighted by molar-refractivity contribution is 5.69. The van der Waals surface area contributed by atoms with E-state index in [0.29, 0.717) is 6.54 Å². The Morgan fingerprint density at radius 2 is 1.78 bits per heavy atom. The number of aryl methyl sites for hydroxylation is 1. The number of hydrogen-bond donors (Lipinski definition) is 0. The van der Waals surface area contributed by atoms with Crippen LogP contribution in [0, 0.1) is 13.8 Å². The highest BCUT2D eigenvalue weighted by atomic mass is 16.6. The number of anilines is 1. The molecular formula is C17H30N4O2. The molecule has 2 heterocycles. The zero-order valence-electron chi connectivity index (χ0n) is 15.7. The number of rotatable bonds is 1. The van der Waals surface area contributed by atoms with Gasteiger partial charge in [0.05, 0.1) is 0 Å². The predicted octanol–water partition coefficient (Wildman–Crippen LogP) is 2.87. The Bertz CT molecular complexity index is 588. The van der Waals surface area contributed by atoms with Crippen molar-refractivity contribution >= 4 is 11.9 Å². The number of hydrogen-bond acceptors (Lipinski definition) is 4. The van der Waals surface area contributed by atoms with E-state index in [-0.39, 0.29) is 18.2 Å². The van der Waals surface area contributed by atoms with Gasteiger partial charge in [-0.1, -0.05) is 0 Å². The van der Waals surface area contributed by atoms with Crippen molar-refractivity contribution in [2.75, 3.05) is 18.0 Å². The van der Waals surface area contributed by atoms with Crippen molar-refractivity contribution in [3.8, 4) is 0 Å². The minimum absolute atomic E-state index is 0.0859. The van der Waals surface area contributed by atoms with Crippen LogP contribution in [0.15, 0.2) is 0 Å². The molecule has 0 saturated carbocycles. The average Bonchev–Trinajstić information content (AvgIpc) is 2.66. The van der Waals surface area contributed by atoms with E-state index in [1.54, 1.807) is 0 Å². The first-order chi connectivity index (χ1) is 10.5. The summed E-state index contributed by atoms with van der Waals surface area (Å²) in [6, 6.07) is 0.287. The zero-order valence-corrected chi connectivity index (χ0v) is 15.7. The lowest BCUT2D eigenvalue weighted by atomic mass is 10.1. The molecule has 2 rings (SSSR count). The summed E-state index contributed by atoms with van der Waals surface area (Å²) in [6.07, 6.45) is -0.231. The number of aromatic nitrogens is 2. The van der Waals surface area contributed by atoms with Gasteiger partial charge in [-0.25, -0.2) is 4.79 Å². The van der Waals surface area contributed by atoms with E-state index >= 15 is 0 Å². The van der Waals surface area contributed by atoms with Crippen LogP contribution < -0.4 is 4.90 Å². The average molecular weight is 322 g/mol. The Hall–Kier alpha value is -1.72. The lowest BCUT2D eigenvalue weighted by Gasteiger charge is -2.44. The van der Waals surface area contributed by atoms with Crippen LogP contribution in [-0.4, -0.2) is 51.5 Å². The Morgan fingerprint density at radius 3 is 2.26 bits per heavy atom. The third-order valence-corrected chi connectivity index (χ3v) is 4.49. The van der Waals surface area contributed by atoms with E-state index in [1.165, 1.54) is 11.3 Å². The molecule has 0 N–H and O–H groups in total. The van der Waals surface area contributed by atoms with Crippen LogP contribution in [0.1, 0.15) is 45.9 Å². The molecule has 1 amide bonds. The zero-order chi connectivity index (χ0) is 17.5. The first kappa shape index (κ1) is 17.6. The standard InChI is InChI=1S/C17H30N4O2/c1-11-10-21(16(22)23-17(5,6)7)12(2)9-20(11)15-13(3)14(4)19(8)18-15/h11-12H,9-10H2,1-8H3/t11-,12-/m1/s1. The van der Waals surface area contributed by atoms with Gasteiger partial charge in [0.15, 0.2) is 5.82 Å². The van der Waals surface area contributed by atoms with Gasteiger partial charge >= 0.3 is 6.09 Å².